The molecule has 0 bridgehead atoms. The maximum atomic E-state index is 10.6. The molecule has 0 aliphatic heterocycles. The fraction of sp³-hybridized carbons (Fsp3) is 0.857. The third-order valence-corrected chi connectivity index (χ3v) is 3.19. The summed E-state index contributed by atoms with van der Waals surface area (Å²) in [5.74, 6) is -3.67. The Morgan fingerprint density at radius 3 is 1.53 bits per heavy atom. The summed E-state index contributed by atoms with van der Waals surface area (Å²) in [6.07, 6.45) is 10.5. The zero-order valence-electron chi connectivity index (χ0n) is 11.8. The first-order valence-corrected chi connectivity index (χ1v) is 7.05. The molecule has 0 fully saturated rings. The van der Waals surface area contributed by atoms with E-state index in [-0.39, 0.29) is 18.8 Å². The van der Waals surface area contributed by atoms with E-state index in [0.29, 0.717) is 6.42 Å². The van der Waals surface area contributed by atoms with Crippen molar-refractivity contribution in [2.24, 2.45) is 5.92 Å². The van der Waals surface area contributed by atoms with Crippen LogP contribution < -0.4 is 0 Å². The zero-order chi connectivity index (χ0) is 13.8. The van der Waals surface area contributed by atoms with Gasteiger partial charge in [-0.25, -0.2) is 0 Å². The second kappa shape index (κ2) is 13.7. The minimum Gasteiger partial charge on any atom is -0.481 e. The van der Waals surface area contributed by atoms with Gasteiger partial charge in [-0.3, -0.25) is 9.59 Å². The molecule has 0 unspecified atom stereocenters. The number of carboxylic acid groups (broad SMARTS) is 2. The van der Waals surface area contributed by atoms with Crippen LogP contribution in [0.15, 0.2) is 0 Å². The Labute approximate surface area is 122 Å². The van der Waals surface area contributed by atoms with Crippen LogP contribution in [0.2, 0.25) is 0 Å². The molecule has 0 aromatic heterocycles. The smallest absolute Gasteiger partial charge is 0.317 e. The van der Waals surface area contributed by atoms with Crippen molar-refractivity contribution in [3.8, 4) is 0 Å². The van der Waals surface area contributed by atoms with Crippen molar-refractivity contribution in [2.75, 3.05) is 0 Å². The van der Waals surface area contributed by atoms with Gasteiger partial charge in [0.05, 0.1) is 0 Å². The molecule has 114 valence electrons. The van der Waals surface area contributed by atoms with Crippen LogP contribution in [0.1, 0.15) is 71.1 Å². The van der Waals surface area contributed by atoms with Gasteiger partial charge in [-0.1, -0.05) is 64.7 Å². The SMILES string of the molecule is CCCCCCCCCCCC(C(=O)O)C(=O)O.Cl. The van der Waals surface area contributed by atoms with Crippen LogP contribution in [0.5, 0.6) is 0 Å². The van der Waals surface area contributed by atoms with Crippen LogP contribution in [0, 0.1) is 5.92 Å². The second-order valence-electron chi connectivity index (χ2n) is 4.85. The van der Waals surface area contributed by atoms with Crippen molar-refractivity contribution in [1.29, 1.82) is 0 Å². The molecule has 4 nitrogen and oxygen atoms in total. The lowest BCUT2D eigenvalue weighted by Crippen LogP contribution is -2.23. The van der Waals surface area contributed by atoms with Crippen molar-refractivity contribution in [3.63, 3.8) is 0 Å². The highest BCUT2D eigenvalue weighted by molar-refractivity contribution is 5.92. The molecule has 0 aromatic rings. The van der Waals surface area contributed by atoms with Crippen LogP contribution in [0.3, 0.4) is 0 Å². The van der Waals surface area contributed by atoms with E-state index in [9.17, 15) is 9.59 Å². The Balaban J connectivity index is 0. The monoisotopic (exact) mass is 294 g/mol. The molecule has 0 heterocycles. The first kappa shape index (κ1) is 20.5. The maximum absolute atomic E-state index is 10.6. The number of unbranched alkanes of at least 4 members (excludes halogenated alkanes) is 8. The fourth-order valence-corrected chi connectivity index (χ4v) is 2.01. The summed E-state index contributed by atoms with van der Waals surface area (Å²) < 4.78 is 0. The molecule has 0 saturated carbocycles. The van der Waals surface area contributed by atoms with Gasteiger partial charge in [0, 0.05) is 0 Å². The van der Waals surface area contributed by atoms with E-state index in [4.69, 9.17) is 10.2 Å². The Bertz CT molecular complexity index is 230. The summed E-state index contributed by atoms with van der Waals surface area (Å²) in [5.41, 5.74) is 0. The molecule has 2 N–H and O–H groups in total. The molecule has 0 rings (SSSR count). The van der Waals surface area contributed by atoms with Gasteiger partial charge in [0.25, 0.3) is 0 Å². The van der Waals surface area contributed by atoms with E-state index in [1.807, 2.05) is 0 Å². The van der Waals surface area contributed by atoms with E-state index < -0.39 is 17.9 Å². The number of carbonyl (C=O) groups is 2. The summed E-state index contributed by atoms with van der Waals surface area (Å²) >= 11 is 0. The summed E-state index contributed by atoms with van der Waals surface area (Å²) in [6, 6.07) is 0. The minimum absolute atomic E-state index is 0. The first-order chi connectivity index (χ1) is 8.59. The lowest BCUT2D eigenvalue weighted by Gasteiger charge is -2.06. The van der Waals surface area contributed by atoms with Crippen molar-refractivity contribution >= 4 is 24.3 Å². The molecule has 0 atom stereocenters. The Morgan fingerprint density at radius 1 is 0.789 bits per heavy atom. The fourth-order valence-electron chi connectivity index (χ4n) is 2.01. The Hall–Kier alpha value is -0.770. The topological polar surface area (TPSA) is 74.6 Å². The number of hydrogen-bond donors (Lipinski definition) is 2. The first-order valence-electron chi connectivity index (χ1n) is 7.05. The van der Waals surface area contributed by atoms with Gasteiger partial charge in [0.1, 0.15) is 0 Å². The van der Waals surface area contributed by atoms with Gasteiger partial charge in [-0.2, -0.15) is 0 Å². The molecule has 0 aliphatic carbocycles. The summed E-state index contributed by atoms with van der Waals surface area (Å²) in [5, 5.41) is 17.4. The highest BCUT2D eigenvalue weighted by Crippen LogP contribution is 2.14. The number of hydrogen-bond acceptors (Lipinski definition) is 2. The standard InChI is InChI=1S/C14H26O4.ClH/c1-2-3-4-5-6-7-8-9-10-11-12(13(15)16)14(17)18;/h12H,2-11H2,1H3,(H,15,16)(H,17,18);1H. The molecule has 0 saturated heterocycles. The predicted molar refractivity (Wildman–Crippen MR) is 77.9 cm³/mol. The summed E-state index contributed by atoms with van der Waals surface area (Å²) in [6.45, 7) is 2.20. The van der Waals surface area contributed by atoms with Crippen LogP contribution in [-0.2, 0) is 9.59 Å². The van der Waals surface area contributed by atoms with E-state index >= 15 is 0 Å². The number of aliphatic carboxylic acids is 2. The van der Waals surface area contributed by atoms with Crippen molar-refractivity contribution < 1.29 is 19.8 Å². The molecule has 19 heavy (non-hydrogen) atoms. The third-order valence-electron chi connectivity index (χ3n) is 3.19. The summed E-state index contributed by atoms with van der Waals surface area (Å²) in [4.78, 5) is 21.3. The van der Waals surface area contributed by atoms with Crippen LogP contribution in [-0.4, -0.2) is 22.2 Å². The highest BCUT2D eigenvalue weighted by atomic mass is 35.5. The quantitative estimate of drug-likeness (QED) is 0.419. The van der Waals surface area contributed by atoms with Crippen molar-refractivity contribution in [3.05, 3.63) is 0 Å². The van der Waals surface area contributed by atoms with E-state index in [2.05, 4.69) is 6.92 Å². The predicted octanol–water partition coefficient (Wildman–Crippen LogP) is 4.11. The largest absolute Gasteiger partial charge is 0.481 e. The van der Waals surface area contributed by atoms with Gasteiger partial charge in [0.15, 0.2) is 5.92 Å². The second-order valence-corrected chi connectivity index (χ2v) is 4.85. The van der Waals surface area contributed by atoms with Gasteiger partial charge < -0.3 is 10.2 Å². The number of halogens is 1. The average molecular weight is 295 g/mol. The zero-order valence-corrected chi connectivity index (χ0v) is 12.6. The normalized spacial score (nSPS) is 10.2. The number of rotatable bonds is 12. The highest BCUT2D eigenvalue weighted by Gasteiger charge is 2.24. The minimum atomic E-state index is -1.23. The number of carboxylic acids is 2. The molecule has 0 aliphatic rings. The van der Waals surface area contributed by atoms with Crippen LogP contribution in [0.4, 0.5) is 0 Å². The lowest BCUT2D eigenvalue weighted by atomic mass is 10.00. The van der Waals surface area contributed by atoms with E-state index in [1.165, 1.54) is 38.5 Å². The molecule has 5 heteroatoms. The average Bonchev–Trinajstić information content (AvgIpc) is 2.30. The Morgan fingerprint density at radius 2 is 1.16 bits per heavy atom. The van der Waals surface area contributed by atoms with Gasteiger partial charge in [0.2, 0.25) is 0 Å². The molecular formula is C14H27ClO4. The van der Waals surface area contributed by atoms with Gasteiger partial charge in [-0.15, -0.1) is 12.4 Å². The molecule has 0 amide bonds. The van der Waals surface area contributed by atoms with Crippen molar-refractivity contribution in [1.82, 2.24) is 0 Å². The lowest BCUT2D eigenvalue weighted by molar-refractivity contribution is -0.154. The van der Waals surface area contributed by atoms with Crippen LogP contribution in [0.25, 0.3) is 0 Å². The molecule has 0 radical (unpaired) electrons. The van der Waals surface area contributed by atoms with Gasteiger partial charge in [-0.05, 0) is 6.42 Å². The Kier molecular flexibility index (Phi) is 14.8. The summed E-state index contributed by atoms with van der Waals surface area (Å²) in [7, 11) is 0. The van der Waals surface area contributed by atoms with E-state index in [0.717, 1.165) is 12.8 Å². The maximum Gasteiger partial charge on any atom is 0.317 e. The third kappa shape index (κ3) is 12.0. The van der Waals surface area contributed by atoms with E-state index in [1.54, 1.807) is 0 Å². The molecular weight excluding hydrogens is 268 g/mol. The van der Waals surface area contributed by atoms with Crippen molar-refractivity contribution in [2.45, 2.75) is 71.1 Å². The van der Waals surface area contributed by atoms with Gasteiger partial charge >= 0.3 is 11.9 Å². The molecule has 0 spiro atoms. The van der Waals surface area contributed by atoms with Crippen LogP contribution >= 0.6 is 12.4 Å². The molecule has 0 aromatic carbocycles.